The second-order valence-corrected chi connectivity index (χ2v) is 5.52. The van der Waals surface area contributed by atoms with Gasteiger partial charge in [0.2, 0.25) is 5.91 Å². The van der Waals surface area contributed by atoms with Crippen molar-refractivity contribution in [2.75, 3.05) is 6.54 Å². The van der Waals surface area contributed by atoms with Crippen LogP contribution in [0.4, 0.5) is 4.79 Å². The molecule has 0 spiro atoms. The summed E-state index contributed by atoms with van der Waals surface area (Å²) in [5.74, 6) is -1.81. The molecule has 108 valence electrons. The van der Waals surface area contributed by atoms with E-state index in [0.29, 0.717) is 6.54 Å². The summed E-state index contributed by atoms with van der Waals surface area (Å²) in [6.07, 6.45) is 1.51. The van der Waals surface area contributed by atoms with Gasteiger partial charge in [-0.3, -0.25) is 4.79 Å². The summed E-state index contributed by atoms with van der Waals surface area (Å²) in [5.41, 5.74) is 3.97. The van der Waals surface area contributed by atoms with E-state index in [1.807, 2.05) is 0 Å². The first kappa shape index (κ1) is 15.3. The van der Waals surface area contributed by atoms with Gasteiger partial charge in [0.1, 0.15) is 11.6 Å². The van der Waals surface area contributed by atoms with E-state index in [2.05, 4.69) is 5.32 Å². The lowest BCUT2D eigenvalue weighted by atomic mass is 9.91. The molecular formula is C12H21N3O4. The van der Waals surface area contributed by atoms with Gasteiger partial charge in [-0.15, -0.1) is 0 Å². The van der Waals surface area contributed by atoms with Gasteiger partial charge in [0.25, 0.3) is 0 Å². The van der Waals surface area contributed by atoms with Crippen molar-refractivity contribution in [1.29, 1.82) is 0 Å². The average Bonchev–Trinajstić information content (AvgIpc) is 2.27. The summed E-state index contributed by atoms with van der Waals surface area (Å²) < 4.78 is 0. The second-order valence-electron chi connectivity index (χ2n) is 5.52. The SMILES string of the molecule is CC1CCCN(C(=O)NC(C)(C)C(N)=O)C1C(=O)O. The van der Waals surface area contributed by atoms with Crippen molar-refractivity contribution in [3.05, 3.63) is 0 Å². The van der Waals surface area contributed by atoms with E-state index in [4.69, 9.17) is 5.73 Å². The van der Waals surface area contributed by atoms with Gasteiger partial charge in [0.05, 0.1) is 0 Å². The van der Waals surface area contributed by atoms with Gasteiger partial charge in [-0.05, 0) is 32.6 Å². The number of carbonyl (C=O) groups excluding carboxylic acids is 2. The number of aliphatic carboxylic acids is 1. The van der Waals surface area contributed by atoms with E-state index in [1.54, 1.807) is 6.92 Å². The lowest BCUT2D eigenvalue weighted by molar-refractivity contribution is -0.145. The fraction of sp³-hybridized carbons (Fsp3) is 0.750. The molecule has 0 aromatic rings. The number of carboxylic acid groups (broad SMARTS) is 1. The lowest BCUT2D eigenvalue weighted by Crippen LogP contribution is -2.61. The Morgan fingerprint density at radius 3 is 2.42 bits per heavy atom. The first-order chi connectivity index (χ1) is 8.66. The molecule has 19 heavy (non-hydrogen) atoms. The monoisotopic (exact) mass is 271 g/mol. The summed E-state index contributed by atoms with van der Waals surface area (Å²) in [6, 6.07) is -1.43. The van der Waals surface area contributed by atoms with Gasteiger partial charge >= 0.3 is 12.0 Å². The number of rotatable bonds is 3. The highest BCUT2D eigenvalue weighted by Crippen LogP contribution is 2.24. The van der Waals surface area contributed by atoms with Crippen LogP contribution in [0.1, 0.15) is 33.6 Å². The highest BCUT2D eigenvalue weighted by atomic mass is 16.4. The predicted octanol–water partition coefficient (Wildman–Crippen LogP) is 0.145. The third-order valence-electron chi connectivity index (χ3n) is 3.48. The molecule has 0 bridgehead atoms. The maximum absolute atomic E-state index is 12.1. The van der Waals surface area contributed by atoms with E-state index < -0.39 is 29.5 Å². The Bertz CT molecular complexity index is 394. The highest BCUT2D eigenvalue weighted by Gasteiger charge is 2.39. The molecule has 4 N–H and O–H groups in total. The normalized spacial score (nSPS) is 23.8. The summed E-state index contributed by atoms with van der Waals surface area (Å²) in [5, 5.41) is 11.7. The molecule has 1 rings (SSSR count). The molecule has 7 heteroatoms. The number of hydrogen-bond donors (Lipinski definition) is 3. The van der Waals surface area contributed by atoms with Gasteiger partial charge in [0.15, 0.2) is 0 Å². The molecule has 0 aromatic heterocycles. The molecule has 0 aliphatic carbocycles. The fourth-order valence-electron chi connectivity index (χ4n) is 2.19. The smallest absolute Gasteiger partial charge is 0.326 e. The third kappa shape index (κ3) is 3.36. The van der Waals surface area contributed by atoms with E-state index in [9.17, 15) is 19.5 Å². The molecule has 3 amide bonds. The molecule has 0 radical (unpaired) electrons. The van der Waals surface area contributed by atoms with Crippen LogP contribution in [0, 0.1) is 5.92 Å². The molecule has 1 aliphatic heterocycles. The molecule has 0 saturated carbocycles. The molecule has 1 fully saturated rings. The Morgan fingerprint density at radius 1 is 1.37 bits per heavy atom. The van der Waals surface area contributed by atoms with Crippen molar-refractivity contribution >= 4 is 17.9 Å². The van der Waals surface area contributed by atoms with E-state index in [1.165, 1.54) is 18.7 Å². The van der Waals surface area contributed by atoms with Crippen molar-refractivity contribution in [2.45, 2.75) is 45.2 Å². The molecule has 1 aliphatic rings. The molecule has 2 unspecified atom stereocenters. The molecule has 1 heterocycles. The van der Waals surface area contributed by atoms with Crippen LogP contribution in [0.3, 0.4) is 0 Å². The minimum atomic E-state index is -1.21. The van der Waals surface area contributed by atoms with Crippen molar-refractivity contribution in [1.82, 2.24) is 10.2 Å². The summed E-state index contributed by atoms with van der Waals surface area (Å²) >= 11 is 0. The largest absolute Gasteiger partial charge is 0.480 e. The van der Waals surface area contributed by atoms with Gasteiger partial charge in [-0.2, -0.15) is 0 Å². The van der Waals surface area contributed by atoms with Crippen LogP contribution < -0.4 is 11.1 Å². The van der Waals surface area contributed by atoms with Crippen LogP contribution in [0.25, 0.3) is 0 Å². The Kier molecular flexibility index (Phi) is 4.39. The van der Waals surface area contributed by atoms with E-state index >= 15 is 0 Å². The molecule has 7 nitrogen and oxygen atoms in total. The quantitative estimate of drug-likeness (QED) is 0.677. The van der Waals surface area contributed by atoms with E-state index in [0.717, 1.165) is 12.8 Å². The van der Waals surface area contributed by atoms with Gasteiger partial charge in [0, 0.05) is 6.54 Å². The summed E-state index contributed by atoms with van der Waals surface area (Å²) in [6.45, 7) is 5.13. The van der Waals surface area contributed by atoms with Crippen LogP contribution in [-0.2, 0) is 9.59 Å². The maximum atomic E-state index is 12.1. The van der Waals surface area contributed by atoms with Crippen molar-refractivity contribution in [3.8, 4) is 0 Å². The van der Waals surface area contributed by atoms with Crippen LogP contribution in [0.15, 0.2) is 0 Å². The Hall–Kier alpha value is -1.79. The summed E-state index contributed by atoms with van der Waals surface area (Å²) in [4.78, 5) is 35.8. The van der Waals surface area contributed by atoms with Gasteiger partial charge in [-0.25, -0.2) is 9.59 Å². The second kappa shape index (κ2) is 5.46. The number of likely N-dealkylation sites (tertiary alicyclic amines) is 1. The Labute approximate surface area is 112 Å². The Morgan fingerprint density at radius 2 is 1.95 bits per heavy atom. The zero-order valence-corrected chi connectivity index (χ0v) is 11.5. The first-order valence-electron chi connectivity index (χ1n) is 6.28. The standard InChI is InChI=1S/C12H21N3O4/c1-7-5-4-6-15(8(7)9(16)17)11(19)14-12(2,3)10(13)18/h7-8H,4-6H2,1-3H3,(H2,13,18)(H,14,19)(H,16,17). The highest BCUT2D eigenvalue weighted by molar-refractivity contribution is 5.90. The summed E-state index contributed by atoms with van der Waals surface area (Å²) in [7, 11) is 0. The number of urea groups is 1. The number of nitrogens with zero attached hydrogens (tertiary/aromatic N) is 1. The zero-order valence-electron chi connectivity index (χ0n) is 11.5. The third-order valence-corrected chi connectivity index (χ3v) is 3.48. The number of amides is 3. The fourth-order valence-corrected chi connectivity index (χ4v) is 2.19. The number of carboxylic acids is 1. The maximum Gasteiger partial charge on any atom is 0.326 e. The topological polar surface area (TPSA) is 113 Å². The predicted molar refractivity (Wildman–Crippen MR) is 68.3 cm³/mol. The number of nitrogens with two attached hydrogens (primary N) is 1. The van der Waals surface area contributed by atoms with E-state index in [-0.39, 0.29) is 5.92 Å². The first-order valence-corrected chi connectivity index (χ1v) is 6.28. The molecule has 0 aromatic carbocycles. The van der Waals surface area contributed by atoms with Crippen LogP contribution in [-0.4, -0.2) is 46.0 Å². The lowest BCUT2D eigenvalue weighted by Gasteiger charge is -2.38. The van der Waals surface area contributed by atoms with Crippen molar-refractivity contribution < 1.29 is 19.5 Å². The van der Waals surface area contributed by atoms with Crippen molar-refractivity contribution in [2.24, 2.45) is 11.7 Å². The number of piperidine rings is 1. The van der Waals surface area contributed by atoms with Crippen molar-refractivity contribution in [3.63, 3.8) is 0 Å². The average molecular weight is 271 g/mol. The molecule has 1 saturated heterocycles. The van der Waals surface area contributed by atoms with Gasteiger partial charge in [-0.1, -0.05) is 6.92 Å². The van der Waals surface area contributed by atoms with Crippen LogP contribution in [0.2, 0.25) is 0 Å². The molecule has 2 atom stereocenters. The molecular weight excluding hydrogens is 250 g/mol. The van der Waals surface area contributed by atoms with Crippen LogP contribution in [0.5, 0.6) is 0 Å². The zero-order chi connectivity index (χ0) is 14.8. The number of primary amides is 1. The minimum Gasteiger partial charge on any atom is -0.480 e. The van der Waals surface area contributed by atoms with Crippen LogP contribution >= 0.6 is 0 Å². The number of hydrogen-bond acceptors (Lipinski definition) is 3. The number of nitrogens with one attached hydrogen (secondary N) is 1. The minimum absolute atomic E-state index is 0.117. The van der Waals surface area contributed by atoms with Gasteiger partial charge < -0.3 is 21.1 Å². The number of carbonyl (C=O) groups is 3. The Balaban J connectivity index is 2.85.